The van der Waals surface area contributed by atoms with Gasteiger partial charge in [-0.1, -0.05) is 12.1 Å². The number of nitrogens with one attached hydrogen (secondary N) is 1. The molecule has 29 heavy (non-hydrogen) atoms. The van der Waals surface area contributed by atoms with Crippen molar-refractivity contribution in [1.82, 2.24) is 24.5 Å². The lowest BCUT2D eigenvalue weighted by atomic mass is 10.1. The summed E-state index contributed by atoms with van der Waals surface area (Å²) in [6, 6.07) is 15.2. The van der Waals surface area contributed by atoms with E-state index in [0.29, 0.717) is 17.9 Å². The van der Waals surface area contributed by atoms with Crippen molar-refractivity contribution in [3.63, 3.8) is 0 Å². The Hall–Kier alpha value is -3.74. The normalized spacial score (nSPS) is 10.9. The van der Waals surface area contributed by atoms with Crippen molar-refractivity contribution in [3.8, 4) is 11.3 Å². The summed E-state index contributed by atoms with van der Waals surface area (Å²) >= 11 is 0. The summed E-state index contributed by atoms with van der Waals surface area (Å²) in [6.45, 7) is 4.70. The third kappa shape index (κ3) is 4.08. The average Bonchev–Trinajstić information content (AvgIpc) is 3.24. The summed E-state index contributed by atoms with van der Waals surface area (Å²) in [5.41, 5.74) is 5.46. The Morgan fingerprint density at radius 3 is 2.52 bits per heavy atom. The summed E-state index contributed by atoms with van der Waals surface area (Å²) in [4.78, 5) is 16.8. The molecule has 4 aromatic rings. The number of aromatic nitrogens is 5. The molecular formula is C22H22N6O. The maximum Gasteiger partial charge on any atom is 0.256 e. The van der Waals surface area contributed by atoms with Gasteiger partial charge in [-0.25, -0.2) is 0 Å². The second kappa shape index (κ2) is 7.71. The van der Waals surface area contributed by atoms with Gasteiger partial charge in [0.25, 0.3) is 5.91 Å². The minimum atomic E-state index is -0.177. The van der Waals surface area contributed by atoms with Gasteiger partial charge in [-0.05, 0) is 49.7 Å². The van der Waals surface area contributed by atoms with Gasteiger partial charge < -0.3 is 5.32 Å². The van der Waals surface area contributed by atoms with Crippen LogP contribution in [0.4, 0.5) is 5.82 Å². The van der Waals surface area contributed by atoms with Gasteiger partial charge in [0.05, 0.1) is 17.9 Å². The number of carbonyl (C=O) groups excluding carboxylic acids is 1. The smallest absolute Gasteiger partial charge is 0.256 e. The van der Waals surface area contributed by atoms with E-state index in [1.165, 1.54) is 0 Å². The maximum atomic E-state index is 12.7. The molecular weight excluding hydrogens is 364 g/mol. The fourth-order valence-corrected chi connectivity index (χ4v) is 3.20. The number of carbonyl (C=O) groups is 1. The monoisotopic (exact) mass is 386 g/mol. The van der Waals surface area contributed by atoms with Crippen LogP contribution in [0.5, 0.6) is 0 Å². The molecule has 1 aromatic carbocycles. The highest BCUT2D eigenvalue weighted by molar-refractivity contribution is 6.04. The molecule has 0 fully saturated rings. The summed E-state index contributed by atoms with van der Waals surface area (Å²) < 4.78 is 3.61. The molecule has 0 saturated heterocycles. The van der Waals surface area contributed by atoms with Crippen LogP contribution in [0, 0.1) is 13.8 Å². The Labute approximate surface area is 169 Å². The van der Waals surface area contributed by atoms with Gasteiger partial charge in [0.2, 0.25) is 0 Å². The zero-order valence-corrected chi connectivity index (χ0v) is 16.6. The van der Waals surface area contributed by atoms with Crippen LogP contribution in [0.3, 0.4) is 0 Å². The summed E-state index contributed by atoms with van der Waals surface area (Å²) in [6.07, 6.45) is 3.46. The minimum absolute atomic E-state index is 0.177. The Kier molecular flexibility index (Phi) is 4.95. The summed E-state index contributed by atoms with van der Waals surface area (Å²) in [5.74, 6) is 0.448. The van der Waals surface area contributed by atoms with E-state index in [1.807, 2.05) is 61.0 Å². The standard InChI is InChI=1S/C22H22N6O/c1-15-11-16(2)28(25-15)14-17-6-8-18(9-7-17)22(29)24-21-12-20(26-27(21)3)19-5-4-10-23-13-19/h4-13H,14H2,1-3H3,(H,24,29). The highest BCUT2D eigenvalue weighted by Gasteiger charge is 2.12. The quantitative estimate of drug-likeness (QED) is 0.569. The first-order chi connectivity index (χ1) is 14.0. The first-order valence-corrected chi connectivity index (χ1v) is 9.35. The zero-order chi connectivity index (χ0) is 20.4. The molecule has 1 N–H and O–H groups in total. The highest BCUT2D eigenvalue weighted by Crippen LogP contribution is 2.21. The SMILES string of the molecule is Cc1cc(C)n(Cc2ccc(C(=O)Nc3cc(-c4cccnc4)nn3C)cc2)n1. The lowest BCUT2D eigenvalue weighted by Crippen LogP contribution is -2.14. The van der Waals surface area contributed by atoms with Crippen molar-refractivity contribution in [1.29, 1.82) is 0 Å². The third-order valence-electron chi connectivity index (χ3n) is 4.73. The van der Waals surface area contributed by atoms with Crippen molar-refractivity contribution < 1.29 is 4.79 Å². The number of anilines is 1. The van der Waals surface area contributed by atoms with Crippen LogP contribution >= 0.6 is 0 Å². The van der Waals surface area contributed by atoms with E-state index in [-0.39, 0.29) is 5.91 Å². The molecule has 0 spiro atoms. The predicted octanol–water partition coefficient (Wildman–Crippen LogP) is 3.60. The van der Waals surface area contributed by atoms with Crippen LogP contribution in [0.1, 0.15) is 27.3 Å². The first-order valence-electron chi connectivity index (χ1n) is 9.35. The molecule has 3 heterocycles. The number of nitrogens with zero attached hydrogens (tertiary/aromatic N) is 5. The Bertz CT molecular complexity index is 1140. The van der Waals surface area contributed by atoms with E-state index < -0.39 is 0 Å². The lowest BCUT2D eigenvalue weighted by Gasteiger charge is -2.07. The number of amides is 1. The molecule has 0 unspecified atom stereocenters. The summed E-state index contributed by atoms with van der Waals surface area (Å²) in [5, 5.41) is 11.9. The molecule has 7 heteroatoms. The van der Waals surface area contributed by atoms with Gasteiger partial charge in [-0.15, -0.1) is 0 Å². The van der Waals surface area contributed by atoms with E-state index in [4.69, 9.17) is 0 Å². The molecule has 3 aromatic heterocycles. The van der Waals surface area contributed by atoms with E-state index >= 15 is 0 Å². The Morgan fingerprint density at radius 1 is 1.07 bits per heavy atom. The average molecular weight is 386 g/mol. The first kappa shape index (κ1) is 18.6. The summed E-state index contributed by atoms with van der Waals surface area (Å²) in [7, 11) is 1.80. The Balaban J connectivity index is 1.46. The number of hydrogen-bond donors (Lipinski definition) is 1. The molecule has 0 aliphatic carbocycles. The molecule has 0 aliphatic rings. The topological polar surface area (TPSA) is 77.6 Å². The molecule has 0 atom stereocenters. The van der Waals surface area contributed by atoms with Gasteiger partial charge in [-0.2, -0.15) is 10.2 Å². The minimum Gasteiger partial charge on any atom is -0.307 e. The van der Waals surface area contributed by atoms with Gasteiger partial charge in [-0.3, -0.25) is 19.1 Å². The number of hydrogen-bond acceptors (Lipinski definition) is 4. The Morgan fingerprint density at radius 2 is 1.86 bits per heavy atom. The number of aryl methyl sites for hydroxylation is 3. The van der Waals surface area contributed by atoms with Crippen LogP contribution in [-0.2, 0) is 13.6 Å². The van der Waals surface area contributed by atoms with E-state index in [2.05, 4.69) is 26.6 Å². The fourth-order valence-electron chi connectivity index (χ4n) is 3.20. The molecule has 7 nitrogen and oxygen atoms in total. The molecule has 0 saturated carbocycles. The van der Waals surface area contributed by atoms with Crippen LogP contribution in [0.2, 0.25) is 0 Å². The van der Waals surface area contributed by atoms with Crippen LogP contribution in [0.15, 0.2) is 60.9 Å². The molecule has 1 amide bonds. The van der Waals surface area contributed by atoms with Gasteiger partial charge in [0.15, 0.2) is 0 Å². The third-order valence-corrected chi connectivity index (χ3v) is 4.73. The molecule has 146 valence electrons. The van der Waals surface area contributed by atoms with E-state index in [9.17, 15) is 4.79 Å². The fraction of sp³-hybridized carbons (Fsp3) is 0.182. The molecule has 0 aliphatic heterocycles. The van der Waals surface area contributed by atoms with Gasteiger partial charge in [0, 0.05) is 42.3 Å². The van der Waals surface area contributed by atoms with Gasteiger partial charge in [0.1, 0.15) is 5.82 Å². The number of rotatable bonds is 5. The maximum absolute atomic E-state index is 12.7. The van der Waals surface area contributed by atoms with Crippen molar-refractivity contribution in [2.75, 3.05) is 5.32 Å². The van der Waals surface area contributed by atoms with E-state index in [1.54, 1.807) is 24.1 Å². The molecule has 0 radical (unpaired) electrons. The largest absolute Gasteiger partial charge is 0.307 e. The second-order valence-corrected chi connectivity index (χ2v) is 7.02. The van der Waals surface area contributed by atoms with Crippen LogP contribution in [0.25, 0.3) is 11.3 Å². The number of pyridine rings is 1. The van der Waals surface area contributed by atoms with Gasteiger partial charge >= 0.3 is 0 Å². The predicted molar refractivity (Wildman–Crippen MR) is 112 cm³/mol. The zero-order valence-electron chi connectivity index (χ0n) is 16.6. The number of benzene rings is 1. The molecule has 4 rings (SSSR count). The van der Waals surface area contributed by atoms with Crippen LogP contribution in [-0.4, -0.2) is 30.5 Å². The highest BCUT2D eigenvalue weighted by atomic mass is 16.1. The molecule has 0 bridgehead atoms. The second-order valence-electron chi connectivity index (χ2n) is 7.02. The van der Waals surface area contributed by atoms with Crippen LogP contribution < -0.4 is 5.32 Å². The van der Waals surface area contributed by atoms with Crippen molar-refractivity contribution in [3.05, 3.63) is 83.4 Å². The van der Waals surface area contributed by atoms with Crippen molar-refractivity contribution in [2.45, 2.75) is 20.4 Å². The van der Waals surface area contributed by atoms with Crippen molar-refractivity contribution in [2.24, 2.45) is 7.05 Å². The van der Waals surface area contributed by atoms with E-state index in [0.717, 1.165) is 28.2 Å². The van der Waals surface area contributed by atoms with Crippen molar-refractivity contribution >= 4 is 11.7 Å². The lowest BCUT2D eigenvalue weighted by molar-refractivity contribution is 0.102.